The van der Waals surface area contributed by atoms with Crippen LogP contribution in [0, 0.1) is 0 Å². The van der Waals surface area contributed by atoms with Gasteiger partial charge in [-0.05, 0) is 48.9 Å². The molecule has 0 fully saturated rings. The Morgan fingerprint density at radius 2 is 1.72 bits per heavy atom. The molecule has 0 spiro atoms. The van der Waals surface area contributed by atoms with E-state index < -0.39 is 17.5 Å². The molecule has 32 heavy (non-hydrogen) atoms. The Morgan fingerprint density at radius 3 is 2.31 bits per heavy atom. The molecule has 0 radical (unpaired) electrons. The molecule has 1 heterocycles. The fourth-order valence-corrected chi connectivity index (χ4v) is 3.68. The van der Waals surface area contributed by atoms with Crippen LogP contribution in [0.1, 0.15) is 47.1 Å². The van der Waals surface area contributed by atoms with Gasteiger partial charge in [0.25, 0.3) is 11.5 Å². The lowest BCUT2D eigenvalue weighted by Crippen LogP contribution is -2.34. The van der Waals surface area contributed by atoms with Crippen molar-refractivity contribution >= 4 is 17.5 Å². The predicted molar refractivity (Wildman–Crippen MR) is 130 cm³/mol. The number of hydrogen-bond acceptors (Lipinski definition) is 3. The molecule has 0 unspecified atom stereocenters. The van der Waals surface area contributed by atoms with Gasteiger partial charge in [0.2, 0.25) is 0 Å². The van der Waals surface area contributed by atoms with E-state index in [1.165, 1.54) is 0 Å². The number of benzene rings is 2. The van der Waals surface area contributed by atoms with Gasteiger partial charge in [-0.15, -0.1) is 0 Å². The highest BCUT2D eigenvalue weighted by Gasteiger charge is 2.20. The van der Waals surface area contributed by atoms with Crippen LogP contribution in [0.4, 0.5) is 0 Å². The SMILES string of the molecule is C=C(C)CN(CC)Cc1ccc(C(=O)N[C@H](c2ccccc2)c2ccc(Cl)cc2)c(=O)[nH]1. The third-order valence-corrected chi connectivity index (χ3v) is 5.41. The summed E-state index contributed by atoms with van der Waals surface area (Å²) in [4.78, 5) is 30.8. The summed E-state index contributed by atoms with van der Waals surface area (Å²) in [6.45, 7) is 10.1. The fraction of sp³-hybridized carbons (Fsp3) is 0.231. The molecule has 0 saturated carbocycles. The molecule has 0 saturated heterocycles. The lowest BCUT2D eigenvalue weighted by atomic mass is 9.98. The van der Waals surface area contributed by atoms with Gasteiger partial charge in [0.1, 0.15) is 5.56 Å². The lowest BCUT2D eigenvalue weighted by Gasteiger charge is -2.21. The molecule has 5 nitrogen and oxygen atoms in total. The van der Waals surface area contributed by atoms with Crippen molar-refractivity contribution in [2.75, 3.05) is 13.1 Å². The smallest absolute Gasteiger partial charge is 0.261 e. The number of carbonyl (C=O) groups is 1. The summed E-state index contributed by atoms with van der Waals surface area (Å²) in [6, 6.07) is 19.9. The molecule has 1 aromatic heterocycles. The van der Waals surface area contributed by atoms with E-state index in [0.29, 0.717) is 11.6 Å². The van der Waals surface area contributed by atoms with E-state index in [4.69, 9.17) is 11.6 Å². The second kappa shape index (κ2) is 10.9. The number of pyridine rings is 1. The monoisotopic (exact) mass is 449 g/mol. The molecule has 0 aliphatic rings. The van der Waals surface area contributed by atoms with Crippen LogP contribution < -0.4 is 10.9 Å². The molecule has 6 heteroatoms. The molecule has 3 aromatic rings. The van der Waals surface area contributed by atoms with E-state index in [0.717, 1.165) is 35.5 Å². The van der Waals surface area contributed by atoms with Crippen molar-refractivity contribution in [1.82, 2.24) is 15.2 Å². The number of carbonyl (C=O) groups excluding carboxylic acids is 1. The van der Waals surface area contributed by atoms with Gasteiger partial charge in [-0.2, -0.15) is 0 Å². The number of aromatic amines is 1. The van der Waals surface area contributed by atoms with Gasteiger partial charge in [0.15, 0.2) is 0 Å². The summed E-state index contributed by atoms with van der Waals surface area (Å²) in [5.74, 6) is -0.434. The van der Waals surface area contributed by atoms with Gasteiger partial charge >= 0.3 is 0 Å². The van der Waals surface area contributed by atoms with Crippen LogP contribution in [0.25, 0.3) is 0 Å². The maximum atomic E-state index is 13.0. The van der Waals surface area contributed by atoms with Crippen LogP contribution >= 0.6 is 11.6 Å². The number of amides is 1. The van der Waals surface area contributed by atoms with Crippen LogP contribution in [-0.2, 0) is 6.54 Å². The summed E-state index contributed by atoms with van der Waals surface area (Å²) < 4.78 is 0. The number of rotatable bonds is 9. The van der Waals surface area contributed by atoms with Crippen LogP contribution in [0.15, 0.2) is 83.7 Å². The lowest BCUT2D eigenvalue weighted by molar-refractivity contribution is 0.0941. The van der Waals surface area contributed by atoms with E-state index in [9.17, 15) is 9.59 Å². The van der Waals surface area contributed by atoms with Gasteiger partial charge in [-0.25, -0.2) is 0 Å². The van der Waals surface area contributed by atoms with E-state index >= 15 is 0 Å². The van der Waals surface area contributed by atoms with Crippen molar-refractivity contribution in [3.63, 3.8) is 0 Å². The highest BCUT2D eigenvalue weighted by atomic mass is 35.5. The molecule has 166 valence electrons. The highest BCUT2D eigenvalue weighted by Crippen LogP contribution is 2.24. The second-order valence-electron chi connectivity index (χ2n) is 7.86. The maximum absolute atomic E-state index is 13.0. The quantitative estimate of drug-likeness (QED) is 0.454. The number of aromatic nitrogens is 1. The molecule has 0 aliphatic carbocycles. The number of likely N-dealkylation sites (N-methyl/N-ethyl adjacent to an activating group) is 1. The zero-order valence-corrected chi connectivity index (χ0v) is 19.2. The number of halogens is 1. The summed E-state index contributed by atoms with van der Waals surface area (Å²) >= 11 is 6.03. The van der Waals surface area contributed by atoms with E-state index in [2.05, 4.69) is 28.7 Å². The topological polar surface area (TPSA) is 65.2 Å². The predicted octanol–water partition coefficient (Wildman–Crippen LogP) is 4.95. The van der Waals surface area contributed by atoms with Crippen molar-refractivity contribution in [2.45, 2.75) is 26.4 Å². The third kappa shape index (κ3) is 6.19. The minimum absolute atomic E-state index is 0.0756. The van der Waals surface area contributed by atoms with E-state index in [1.807, 2.05) is 49.4 Å². The minimum atomic E-state index is -0.434. The number of hydrogen-bond donors (Lipinski definition) is 2. The molecule has 2 aromatic carbocycles. The van der Waals surface area contributed by atoms with Gasteiger partial charge in [0, 0.05) is 23.8 Å². The molecule has 0 aliphatic heterocycles. The summed E-state index contributed by atoms with van der Waals surface area (Å²) in [5.41, 5.74) is 3.27. The average Bonchev–Trinajstić information content (AvgIpc) is 2.78. The van der Waals surface area contributed by atoms with Crippen molar-refractivity contribution in [1.29, 1.82) is 0 Å². The highest BCUT2D eigenvalue weighted by molar-refractivity contribution is 6.30. The van der Waals surface area contributed by atoms with Gasteiger partial charge < -0.3 is 10.3 Å². The first-order valence-electron chi connectivity index (χ1n) is 10.6. The number of nitrogens with one attached hydrogen (secondary N) is 2. The van der Waals surface area contributed by atoms with Crippen molar-refractivity contribution in [3.8, 4) is 0 Å². The standard InChI is InChI=1S/C26H28ClN3O2/c1-4-30(16-18(2)3)17-22-14-15-23(25(31)28-22)26(32)29-24(19-8-6-5-7-9-19)20-10-12-21(27)13-11-20/h5-15,24H,2,4,16-17H2,1,3H3,(H,28,31)(H,29,32)/t24-/m1/s1. The number of H-pyrrole nitrogens is 1. The molecular weight excluding hydrogens is 422 g/mol. The van der Waals surface area contributed by atoms with Gasteiger partial charge in [0.05, 0.1) is 6.04 Å². The van der Waals surface area contributed by atoms with Crippen LogP contribution in [0.2, 0.25) is 5.02 Å². The third-order valence-electron chi connectivity index (χ3n) is 5.16. The van der Waals surface area contributed by atoms with Crippen molar-refractivity contribution < 1.29 is 4.79 Å². The molecule has 3 rings (SSSR count). The molecule has 1 atom stereocenters. The summed E-state index contributed by atoms with van der Waals surface area (Å²) in [5, 5.41) is 3.62. The van der Waals surface area contributed by atoms with Gasteiger partial charge in [-0.1, -0.05) is 73.1 Å². The fourth-order valence-electron chi connectivity index (χ4n) is 3.56. The Balaban J connectivity index is 1.82. The van der Waals surface area contributed by atoms with E-state index in [1.54, 1.807) is 24.3 Å². The molecular formula is C26H28ClN3O2. The van der Waals surface area contributed by atoms with Gasteiger partial charge in [-0.3, -0.25) is 14.5 Å². The zero-order chi connectivity index (χ0) is 23.1. The first-order valence-corrected chi connectivity index (χ1v) is 11.0. The first-order chi connectivity index (χ1) is 15.4. The van der Waals surface area contributed by atoms with Crippen molar-refractivity contribution in [3.05, 3.63) is 117 Å². The van der Waals surface area contributed by atoms with Crippen molar-refractivity contribution in [2.24, 2.45) is 0 Å². The Hall–Kier alpha value is -3.15. The largest absolute Gasteiger partial charge is 0.341 e. The van der Waals surface area contributed by atoms with Crippen LogP contribution in [0.3, 0.4) is 0 Å². The Labute approximate surface area is 193 Å². The van der Waals surface area contributed by atoms with E-state index in [-0.39, 0.29) is 5.56 Å². The summed E-state index contributed by atoms with van der Waals surface area (Å²) in [7, 11) is 0. The molecule has 2 N–H and O–H groups in total. The first kappa shape index (κ1) is 23.5. The average molecular weight is 450 g/mol. The Bertz CT molecular complexity index is 1120. The Morgan fingerprint density at radius 1 is 1.06 bits per heavy atom. The van der Waals surface area contributed by atoms with Crippen LogP contribution in [0.5, 0.6) is 0 Å². The number of nitrogens with zero attached hydrogens (tertiary/aromatic N) is 1. The normalized spacial score (nSPS) is 11.9. The second-order valence-corrected chi connectivity index (χ2v) is 8.29. The maximum Gasteiger partial charge on any atom is 0.261 e. The molecule has 1 amide bonds. The van der Waals surface area contributed by atoms with Crippen LogP contribution in [-0.4, -0.2) is 28.9 Å². The summed E-state index contributed by atoms with van der Waals surface area (Å²) in [6.07, 6.45) is 0. The minimum Gasteiger partial charge on any atom is -0.341 e. The molecule has 0 bridgehead atoms. The Kier molecular flexibility index (Phi) is 8.03. The zero-order valence-electron chi connectivity index (χ0n) is 18.4.